The molecule has 0 N–H and O–H groups in total. The second-order valence-electron chi connectivity index (χ2n) is 12.8. The second kappa shape index (κ2) is 19.6. The largest absolute Gasteiger partial charge is 0.350 e. The minimum atomic E-state index is 0.608. The third-order valence-electron chi connectivity index (χ3n) is 8.91. The lowest BCUT2D eigenvalue weighted by atomic mass is 9.96. The van der Waals surface area contributed by atoms with Crippen molar-refractivity contribution in [1.29, 1.82) is 5.26 Å². The zero-order valence-corrected chi connectivity index (χ0v) is 28.4. The van der Waals surface area contributed by atoms with Gasteiger partial charge in [-0.1, -0.05) is 114 Å². The van der Waals surface area contributed by atoms with Crippen LogP contribution in [-0.4, -0.2) is 30.0 Å². The van der Waals surface area contributed by atoms with Crippen LogP contribution in [0.3, 0.4) is 0 Å². The molecule has 3 aromatic rings. The first-order valence-corrected chi connectivity index (χ1v) is 18.6. The van der Waals surface area contributed by atoms with Gasteiger partial charge < -0.3 is 4.90 Å². The number of aromatic nitrogens is 6. The molecule has 0 amide bonds. The quantitative estimate of drug-likeness (QED) is 0.0982. The zero-order chi connectivity index (χ0) is 30.8. The molecule has 242 valence electrons. The number of anilines is 1. The molecule has 0 spiro atoms. The Hall–Kier alpha value is -2.73. The maximum Gasteiger partial charge on any atom is 0.110 e. The predicted molar refractivity (Wildman–Crippen MR) is 181 cm³/mol. The molecular weight excluding hydrogens is 565 g/mol. The van der Waals surface area contributed by atoms with Gasteiger partial charge in [0.15, 0.2) is 0 Å². The van der Waals surface area contributed by atoms with Gasteiger partial charge in [-0.3, -0.25) is 9.36 Å². The van der Waals surface area contributed by atoms with Crippen LogP contribution in [0.2, 0.25) is 0 Å². The fourth-order valence-electron chi connectivity index (χ4n) is 6.34. The summed E-state index contributed by atoms with van der Waals surface area (Å²) >= 11 is 1.79. The molecule has 0 radical (unpaired) electrons. The molecule has 0 aromatic carbocycles. The highest BCUT2D eigenvalue weighted by Gasteiger charge is 2.25. The molecule has 44 heavy (non-hydrogen) atoms. The molecule has 8 nitrogen and oxygen atoms in total. The standard InChI is InChI=1S/C35H56N8S/c1-3-5-7-9-11-13-15-19-23-42-28-30(37-39-42)26-41(35-33(25-36)32-21-17-18-22-34(32)44-35)27-31-29-43(40-38-31)24-20-16-14-12-10-8-6-4-2/h28-29H,3-24,26-27H2,1-2H3. The number of nitriles is 1. The maximum absolute atomic E-state index is 10.2. The Bertz CT molecular complexity index is 1190. The van der Waals surface area contributed by atoms with Gasteiger partial charge in [-0.15, -0.1) is 21.5 Å². The van der Waals surface area contributed by atoms with Crippen LogP contribution < -0.4 is 4.90 Å². The fourth-order valence-corrected chi connectivity index (χ4v) is 7.67. The van der Waals surface area contributed by atoms with Crippen molar-refractivity contribution in [2.75, 3.05) is 4.90 Å². The molecule has 3 heterocycles. The number of rotatable bonds is 23. The number of thiophene rings is 1. The molecule has 4 rings (SSSR count). The van der Waals surface area contributed by atoms with E-state index in [-0.39, 0.29) is 0 Å². The van der Waals surface area contributed by atoms with Gasteiger partial charge in [-0.05, 0) is 44.1 Å². The highest BCUT2D eigenvalue weighted by atomic mass is 32.1. The van der Waals surface area contributed by atoms with Crippen molar-refractivity contribution < 1.29 is 0 Å². The summed E-state index contributed by atoms with van der Waals surface area (Å²) in [5.41, 5.74) is 3.99. The first-order valence-electron chi connectivity index (χ1n) is 17.8. The third kappa shape index (κ3) is 11.0. The van der Waals surface area contributed by atoms with E-state index in [4.69, 9.17) is 0 Å². The highest BCUT2D eigenvalue weighted by Crippen LogP contribution is 2.40. The van der Waals surface area contributed by atoms with Gasteiger partial charge in [0.25, 0.3) is 0 Å². The van der Waals surface area contributed by atoms with Gasteiger partial charge in [0, 0.05) is 18.0 Å². The molecule has 1 aliphatic rings. The molecule has 0 unspecified atom stereocenters. The predicted octanol–water partition coefficient (Wildman–Crippen LogP) is 9.17. The lowest BCUT2D eigenvalue weighted by Gasteiger charge is -2.21. The van der Waals surface area contributed by atoms with Crippen LogP contribution in [0.5, 0.6) is 0 Å². The molecule has 0 atom stereocenters. The summed E-state index contributed by atoms with van der Waals surface area (Å²) < 4.78 is 3.99. The number of nitrogens with zero attached hydrogens (tertiary/aromatic N) is 8. The van der Waals surface area contributed by atoms with Crippen molar-refractivity contribution in [1.82, 2.24) is 30.0 Å². The highest BCUT2D eigenvalue weighted by molar-refractivity contribution is 7.16. The lowest BCUT2D eigenvalue weighted by Crippen LogP contribution is -2.22. The summed E-state index contributed by atoms with van der Waals surface area (Å²) in [4.78, 5) is 3.67. The van der Waals surface area contributed by atoms with Crippen LogP contribution in [0.15, 0.2) is 12.4 Å². The normalized spacial score (nSPS) is 12.8. The molecule has 0 bridgehead atoms. The summed E-state index contributed by atoms with van der Waals surface area (Å²) in [6.07, 6.45) is 29.5. The van der Waals surface area contributed by atoms with Crippen LogP contribution in [0, 0.1) is 11.3 Å². The smallest absolute Gasteiger partial charge is 0.110 e. The molecule has 3 aromatic heterocycles. The van der Waals surface area contributed by atoms with Gasteiger partial charge in [0.05, 0.1) is 31.0 Å². The summed E-state index contributed by atoms with van der Waals surface area (Å²) in [6.45, 7) is 7.57. The van der Waals surface area contributed by atoms with Crippen LogP contribution in [0.4, 0.5) is 5.00 Å². The van der Waals surface area contributed by atoms with Crippen molar-refractivity contribution in [3.63, 3.8) is 0 Å². The van der Waals surface area contributed by atoms with Gasteiger partial charge in [-0.2, -0.15) is 5.26 Å². The van der Waals surface area contributed by atoms with Gasteiger partial charge >= 0.3 is 0 Å². The van der Waals surface area contributed by atoms with Crippen LogP contribution in [0.25, 0.3) is 0 Å². The zero-order valence-electron chi connectivity index (χ0n) is 27.6. The average Bonchev–Trinajstić information content (AvgIpc) is 3.78. The average molecular weight is 621 g/mol. The number of unbranched alkanes of at least 4 members (excludes halogenated alkanes) is 14. The first kappa shape index (κ1) is 34.1. The van der Waals surface area contributed by atoms with E-state index >= 15 is 0 Å². The van der Waals surface area contributed by atoms with Gasteiger partial charge in [0.2, 0.25) is 0 Å². The Morgan fingerprint density at radius 1 is 0.705 bits per heavy atom. The fraction of sp³-hybridized carbons (Fsp3) is 0.743. The minimum absolute atomic E-state index is 0.608. The molecule has 0 saturated carbocycles. The Kier molecular flexibility index (Phi) is 15.2. The van der Waals surface area contributed by atoms with Crippen molar-refractivity contribution in [2.24, 2.45) is 0 Å². The summed E-state index contributed by atoms with van der Waals surface area (Å²) in [5, 5.41) is 29.3. The van der Waals surface area contributed by atoms with Gasteiger partial charge in [-0.25, -0.2) is 0 Å². The lowest BCUT2D eigenvalue weighted by molar-refractivity contribution is 0.510. The van der Waals surface area contributed by atoms with E-state index in [1.165, 1.54) is 107 Å². The topological polar surface area (TPSA) is 88.5 Å². The van der Waals surface area contributed by atoms with E-state index in [1.807, 2.05) is 9.36 Å². The van der Waals surface area contributed by atoms with Crippen molar-refractivity contribution >= 4 is 16.3 Å². The molecule has 0 fully saturated rings. The summed E-state index contributed by atoms with van der Waals surface area (Å²) in [6, 6.07) is 2.56. The van der Waals surface area contributed by atoms with Crippen molar-refractivity contribution in [3.8, 4) is 6.07 Å². The van der Waals surface area contributed by atoms with E-state index in [9.17, 15) is 5.26 Å². The van der Waals surface area contributed by atoms with E-state index in [1.54, 1.807) is 11.3 Å². The van der Waals surface area contributed by atoms with Crippen LogP contribution in [-0.2, 0) is 39.0 Å². The van der Waals surface area contributed by atoms with Crippen LogP contribution >= 0.6 is 11.3 Å². The van der Waals surface area contributed by atoms with Crippen LogP contribution in [0.1, 0.15) is 157 Å². The molecule has 9 heteroatoms. The van der Waals surface area contributed by atoms with E-state index in [0.717, 1.165) is 67.1 Å². The number of hydrogen-bond donors (Lipinski definition) is 0. The summed E-state index contributed by atoms with van der Waals surface area (Å²) in [5.74, 6) is 0. The molecular formula is C35H56N8S. The van der Waals surface area contributed by atoms with E-state index < -0.39 is 0 Å². The number of hydrogen-bond acceptors (Lipinski definition) is 7. The van der Waals surface area contributed by atoms with E-state index in [0.29, 0.717) is 13.1 Å². The third-order valence-corrected chi connectivity index (χ3v) is 10.3. The van der Waals surface area contributed by atoms with Gasteiger partial charge in [0.1, 0.15) is 22.5 Å². The first-order chi connectivity index (χ1) is 21.7. The molecule has 0 saturated heterocycles. The van der Waals surface area contributed by atoms with Crippen molar-refractivity contribution in [3.05, 3.63) is 39.8 Å². The number of aryl methyl sites for hydroxylation is 3. The van der Waals surface area contributed by atoms with Crippen molar-refractivity contribution in [2.45, 2.75) is 168 Å². The summed E-state index contributed by atoms with van der Waals surface area (Å²) in [7, 11) is 0. The Labute approximate surface area is 270 Å². The molecule has 1 aliphatic carbocycles. The Balaban J connectivity index is 1.34. The van der Waals surface area contributed by atoms with E-state index in [2.05, 4.69) is 57.8 Å². The minimum Gasteiger partial charge on any atom is -0.350 e. The molecule has 0 aliphatic heterocycles. The maximum atomic E-state index is 10.2. The number of fused-ring (bicyclic) bond motifs is 1. The Morgan fingerprint density at radius 3 is 1.68 bits per heavy atom. The SMILES string of the molecule is CCCCCCCCCCn1cc(CN(Cc2cn(CCCCCCCCCC)nn2)c2sc3c(c2C#N)CCCC3)nn1. The Morgan fingerprint density at radius 2 is 1.18 bits per heavy atom. The monoisotopic (exact) mass is 620 g/mol. The second-order valence-corrected chi connectivity index (χ2v) is 13.8.